The van der Waals surface area contributed by atoms with E-state index in [1.54, 1.807) is 37.3 Å². The van der Waals surface area contributed by atoms with Crippen LogP contribution in [-0.4, -0.2) is 27.7 Å². The lowest BCUT2D eigenvalue weighted by Gasteiger charge is -2.16. The van der Waals surface area contributed by atoms with Crippen LogP contribution in [0.25, 0.3) is 0 Å². The Labute approximate surface area is 158 Å². The summed E-state index contributed by atoms with van der Waals surface area (Å²) in [4.78, 5) is 16.9. The molecule has 25 heavy (non-hydrogen) atoms. The third-order valence-corrected chi connectivity index (χ3v) is 4.93. The number of pyridine rings is 1. The van der Waals surface area contributed by atoms with Crippen molar-refractivity contribution in [3.8, 4) is 0 Å². The highest BCUT2D eigenvalue weighted by molar-refractivity contribution is 7.83. The molecule has 2 unspecified atom stereocenters. The number of carbonyl (C=O) groups is 1. The fourth-order valence-electron chi connectivity index (χ4n) is 1.95. The number of hydrogen-bond acceptors (Lipinski definition) is 4. The third-order valence-electron chi connectivity index (χ3n) is 3.20. The molecule has 0 saturated carbocycles. The summed E-state index contributed by atoms with van der Waals surface area (Å²) in [5, 5.41) is 6.73. The molecule has 3 N–H and O–H groups in total. The highest BCUT2D eigenvalue weighted by Crippen LogP contribution is 2.23. The zero-order chi connectivity index (χ0) is 18.4. The normalized spacial score (nSPS) is 13.1. The van der Waals surface area contributed by atoms with E-state index < -0.39 is 17.0 Å². The number of halogens is 2. The summed E-state index contributed by atoms with van der Waals surface area (Å²) in [5.41, 5.74) is 1.17. The van der Waals surface area contributed by atoms with Gasteiger partial charge in [0.2, 0.25) is 5.91 Å². The van der Waals surface area contributed by atoms with Crippen LogP contribution < -0.4 is 15.4 Å². The van der Waals surface area contributed by atoms with Crippen molar-refractivity contribution >= 4 is 51.5 Å². The summed E-state index contributed by atoms with van der Waals surface area (Å²) < 4.78 is 15.0. The zero-order valence-electron chi connectivity index (χ0n) is 13.7. The molecule has 0 aliphatic carbocycles. The first-order chi connectivity index (χ1) is 11.9. The minimum absolute atomic E-state index is 0.323. The molecule has 0 bridgehead atoms. The lowest BCUT2D eigenvalue weighted by atomic mass is 10.3. The van der Waals surface area contributed by atoms with Crippen LogP contribution in [0.4, 0.5) is 11.4 Å². The minimum atomic E-state index is -1.53. The highest BCUT2D eigenvalue weighted by Gasteiger charge is 2.18. The van der Waals surface area contributed by atoms with E-state index in [0.29, 0.717) is 33.0 Å². The first-order valence-electron chi connectivity index (χ1n) is 7.54. The van der Waals surface area contributed by atoms with E-state index in [-0.39, 0.29) is 5.91 Å². The summed E-state index contributed by atoms with van der Waals surface area (Å²) in [6.07, 6.45) is 1.47. The third kappa shape index (κ3) is 5.67. The maximum atomic E-state index is 12.4. The van der Waals surface area contributed by atoms with Crippen molar-refractivity contribution in [1.29, 1.82) is 0 Å². The van der Waals surface area contributed by atoms with Gasteiger partial charge in [-0.3, -0.25) is 4.79 Å². The average molecular weight is 401 g/mol. The molecule has 0 aliphatic rings. The molecular weight excluding hydrogens is 383 g/mol. The molecule has 0 saturated heterocycles. The Morgan fingerprint density at radius 2 is 1.92 bits per heavy atom. The lowest BCUT2D eigenvalue weighted by molar-refractivity contribution is -0.117. The van der Waals surface area contributed by atoms with Gasteiger partial charge >= 0.3 is 0 Å². The quantitative estimate of drug-likeness (QED) is 0.621. The van der Waals surface area contributed by atoms with E-state index in [0.717, 1.165) is 0 Å². The predicted molar refractivity (Wildman–Crippen MR) is 102 cm³/mol. The van der Waals surface area contributed by atoms with Gasteiger partial charge in [0.1, 0.15) is 16.1 Å². The van der Waals surface area contributed by atoms with Gasteiger partial charge in [-0.05, 0) is 38.1 Å². The molecule has 1 aromatic carbocycles. The average Bonchev–Trinajstić information content (AvgIpc) is 2.58. The Morgan fingerprint density at radius 3 is 2.56 bits per heavy atom. The molecule has 0 spiro atoms. The summed E-state index contributed by atoms with van der Waals surface area (Å²) in [7, 11) is -1.53. The van der Waals surface area contributed by atoms with E-state index >= 15 is 0 Å². The van der Waals surface area contributed by atoms with E-state index in [1.165, 1.54) is 6.20 Å². The molecule has 2 aromatic rings. The Morgan fingerprint density at radius 1 is 1.24 bits per heavy atom. The molecular formula is C16H18Cl2N4O2S. The number of amides is 1. The number of hydrogen-bond donors (Lipinski definition) is 3. The van der Waals surface area contributed by atoms with Crippen molar-refractivity contribution in [2.45, 2.75) is 24.8 Å². The van der Waals surface area contributed by atoms with Crippen LogP contribution in [0.2, 0.25) is 10.2 Å². The van der Waals surface area contributed by atoms with Crippen LogP contribution in [-0.2, 0) is 15.8 Å². The number of benzene rings is 1. The smallest absolute Gasteiger partial charge is 0.242 e. The van der Waals surface area contributed by atoms with E-state index in [9.17, 15) is 9.00 Å². The fourth-order valence-corrected chi connectivity index (χ4v) is 3.18. The fraction of sp³-hybridized carbons (Fsp3) is 0.250. The van der Waals surface area contributed by atoms with E-state index in [4.69, 9.17) is 23.2 Å². The molecule has 1 heterocycles. The van der Waals surface area contributed by atoms with Crippen LogP contribution in [0.15, 0.2) is 41.4 Å². The number of rotatable bonds is 7. The Hall–Kier alpha value is -1.67. The molecule has 1 amide bonds. The monoisotopic (exact) mass is 400 g/mol. The second kappa shape index (κ2) is 9.15. The van der Waals surface area contributed by atoms with Gasteiger partial charge in [-0.1, -0.05) is 23.2 Å². The summed E-state index contributed by atoms with van der Waals surface area (Å²) in [6, 6.07) is 7.50. The summed E-state index contributed by atoms with van der Waals surface area (Å²) >= 11 is 11.7. The Balaban J connectivity index is 2.03. The molecule has 9 heteroatoms. The number of anilines is 2. The van der Waals surface area contributed by atoms with Gasteiger partial charge in [0.05, 0.1) is 28.5 Å². The maximum Gasteiger partial charge on any atom is 0.242 e. The molecule has 134 valence electrons. The maximum absolute atomic E-state index is 12.4. The Bertz CT molecular complexity index is 771. The van der Waals surface area contributed by atoms with Crippen molar-refractivity contribution in [2.24, 2.45) is 0 Å². The van der Waals surface area contributed by atoms with Crippen molar-refractivity contribution in [3.05, 3.63) is 46.7 Å². The van der Waals surface area contributed by atoms with Gasteiger partial charge in [-0.15, -0.1) is 0 Å². The van der Waals surface area contributed by atoms with Gasteiger partial charge in [-0.25, -0.2) is 13.9 Å². The predicted octanol–water partition coefficient (Wildman–Crippen LogP) is 3.46. The zero-order valence-corrected chi connectivity index (χ0v) is 16.0. The second-order valence-electron chi connectivity index (χ2n) is 5.13. The van der Waals surface area contributed by atoms with Crippen LogP contribution in [0.5, 0.6) is 0 Å². The Kier molecular flexibility index (Phi) is 7.19. The number of carbonyl (C=O) groups excluding carboxylic acids is 1. The number of aromatic nitrogens is 1. The summed E-state index contributed by atoms with van der Waals surface area (Å²) in [6.45, 7) is 4.22. The van der Waals surface area contributed by atoms with Crippen LogP contribution >= 0.6 is 23.2 Å². The molecule has 0 radical (unpaired) electrons. The summed E-state index contributed by atoms with van der Waals surface area (Å²) in [5.74, 6) is -0.342. The van der Waals surface area contributed by atoms with Gasteiger partial charge in [0.25, 0.3) is 0 Å². The van der Waals surface area contributed by atoms with Gasteiger partial charge < -0.3 is 10.6 Å². The van der Waals surface area contributed by atoms with Crippen molar-refractivity contribution in [1.82, 2.24) is 9.71 Å². The van der Waals surface area contributed by atoms with Crippen LogP contribution in [0.1, 0.15) is 13.8 Å². The SMILES string of the molecule is CCNc1cc(Cl)ncc1NC(=O)C(C)NS(=O)c1ccc(Cl)cc1. The number of nitrogens with one attached hydrogen (secondary N) is 3. The molecule has 2 atom stereocenters. The van der Waals surface area contributed by atoms with Gasteiger partial charge in [0.15, 0.2) is 0 Å². The van der Waals surface area contributed by atoms with Gasteiger partial charge in [-0.2, -0.15) is 0 Å². The van der Waals surface area contributed by atoms with Gasteiger partial charge in [0, 0.05) is 17.6 Å². The standard InChI is InChI=1S/C16H18Cl2N4O2S/c1-3-19-13-8-15(18)20-9-14(13)21-16(23)10(2)22-25(24)12-6-4-11(17)5-7-12/h4-10,22H,3H2,1-2H3,(H,19,20)(H,21,23). The van der Waals surface area contributed by atoms with E-state index in [1.807, 2.05) is 6.92 Å². The second-order valence-corrected chi connectivity index (χ2v) is 7.20. The first kappa shape index (κ1) is 19.7. The van der Waals surface area contributed by atoms with Crippen LogP contribution in [0, 0.1) is 0 Å². The topological polar surface area (TPSA) is 83.1 Å². The van der Waals surface area contributed by atoms with E-state index in [2.05, 4.69) is 20.3 Å². The molecule has 1 aromatic heterocycles. The van der Waals surface area contributed by atoms with Crippen molar-refractivity contribution in [2.75, 3.05) is 17.2 Å². The molecule has 0 aliphatic heterocycles. The van der Waals surface area contributed by atoms with Crippen LogP contribution in [0.3, 0.4) is 0 Å². The molecule has 0 fully saturated rings. The molecule has 6 nitrogen and oxygen atoms in total. The van der Waals surface area contributed by atoms with Crippen molar-refractivity contribution < 1.29 is 9.00 Å². The van der Waals surface area contributed by atoms with Crippen molar-refractivity contribution in [3.63, 3.8) is 0 Å². The highest BCUT2D eigenvalue weighted by atomic mass is 35.5. The molecule has 2 rings (SSSR count). The largest absolute Gasteiger partial charge is 0.384 e. The number of nitrogens with zero attached hydrogens (tertiary/aromatic N) is 1. The first-order valence-corrected chi connectivity index (χ1v) is 9.45. The minimum Gasteiger partial charge on any atom is -0.384 e. The lowest BCUT2D eigenvalue weighted by Crippen LogP contribution is -2.39.